The molecule has 1 aliphatic heterocycles. The lowest BCUT2D eigenvalue weighted by molar-refractivity contribution is 0.450. The van der Waals surface area contributed by atoms with Crippen LogP contribution in [0.25, 0.3) is 11.0 Å². The number of sulfone groups is 1. The summed E-state index contributed by atoms with van der Waals surface area (Å²) < 4.78 is 39.4. The largest absolute Gasteiger partial charge is 0.324 e. The third-order valence-electron chi connectivity index (χ3n) is 3.81. The van der Waals surface area contributed by atoms with Crippen molar-refractivity contribution in [3.8, 4) is 0 Å². The number of nitrogens with zero attached hydrogens (tertiary/aromatic N) is 2. The number of benzene rings is 1. The first kappa shape index (κ1) is 15.5. The molecule has 1 fully saturated rings. The van der Waals surface area contributed by atoms with Crippen LogP contribution >= 0.6 is 34.2 Å². The van der Waals surface area contributed by atoms with E-state index >= 15 is 0 Å². The summed E-state index contributed by atoms with van der Waals surface area (Å²) in [7, 11) is -2.94. The fourth-order valence-corrected chi connectivity index (χ4v) is 4.88. The van der Waals surface area contributed by atoms with Crippen LogP contribution in [0.2, 0.25) is 0 Å². The molecule has 4 nitrogen and oxygen atoms in total. The van der Waals surface area contributed by atoms with Crippen LogP contribution in [0.4, 0.5) is 4.39 Å². The summed E-state index contributed by atoms with van der Waals surface area (Å²) in [6.45, 7) is 0. The maximum atomic E-state index is 13.9. The van der Waals surface area contributed by atoms with Gasteiger partial charge in [-0.05, 0) is 41.5 Å². The van der Waals surface area contributed by atoms with Crippen LogP contribution in [-0.2, 0) is 15.7 Å². The van der Waals surface area contributed by atoms with E-state index in [1.165, 1.54) is 6.07 Å². The van der Waals surface area contributed by atoms with Gasteiger partial charge in [-0.1, -0.05) is 0 Å². The number of alkyl halides is 1. The van der Waals surface area contributed by atoms with Crippen LogP contribution in [-0.4, -0.2) is 29.5 Å². The Morgan fingerprint density at radius 2 is 2.05 bits per heavy atom. The second-order valence-corrected chi connectivity index (χ2v) is 8.90. The zero-order valence-corrected chi connectivity index (χ0v) is 14.8. The molecule has 0 N–H and O–H groups in total. The highest BCUT2D eigenvalue weighted by Crippen LogP contribution is 2.31. The Labute approximate surface area is 140 Å². The van der Waals surface area contributed by atoms with Crippen molar-refractivity contribution < 1.29 is 12.8 Å². The van der Waals surface area contributed by atoms with E-state index in [-0.39, 0.29) is 29.2 Å². The predicted molar refractivity (Wildman–Crippen MR) is 88.9 cm³/mol. The molecule has 1 saturated heterocycles. The normalized spacial score (nSPS) is 19.2. The van der Waals surface area contributed by atoms with Crippen LogP contribution in [0, 0.1) is 9.39 Å². The van der Waals surface area contributed by atoms with Crippen LogP contribution in [0.1, 0.15) is 24.7 Å². The maximum absolute atomic E-state index is 13.9. The van der Waals surface area contributed by atoms with Gasteiger partial charge in [-0.25, -0.2) is 17.8 Å². The molecule has 0 aliphatic carbocycles. The van der Waals surface area contributed by atoms with Gasteiger partial charge in [-0.3, -0.25) is 0 Å². The topological polar surface area (TPSA) is 52.0 Å². The second kappa shape index (κ2) is 5.66. The summed E-state index contributed by atoms with van der Waals surface area (Å²) in [5, 5.41) is 0. The van der Waals surface area contributed by atoms with Crippen molar-refractivity contribution in [2.75, 3.05) is 11.5 Å². The van der Waals surface area contributed by atoms with E-state index in [0.717, 1.165) is 0 Å². The van der Waals surface area contributed by atoms with E-state index in [2.05, 4.69) is 4.98 Å². The van der Waals surface area contributed by atoms with Crippen LogP contribution in [0.3, 0.4) is 0 Å². The number of imidazole rings is 1. The summed E-state index contributed by atoms with van der Waals surface area (Å²) in [5.74, 6) is 0.902. The fraction of sp³-hybridized carbons (Fsp3) is 0.462. The molecule has 0 atom stereocenters. The molecule has 0 unspecified atom stereocenters. The molecular weight excluding hydrogens is 430 g/mol. The lowest BCUT2D eigenvalue weighted by Crippen LogP contribution is -2.26. The standard InChI is InChI=1S/C13H13ClFIN2O2S/c14-7-13-17-11-6-10(16)9(15)5-12(11)18(13)8-1-3-21(19,20)4-2-8/h5-6,8H,1-4,7H2. The molecule has 1 aliphatic rings. The Kier molecular flexibility index (Phi) is 4.17. The highest BCUT2D eigenvalue weighted by Gasteiger charge is 2.27. The molecule has 0 amide bonds. The summed E-state index contributed by atoms with van der Waals surface area (Å²) in [4.78, 5) is 4.45. The van der Waals surface area contributed by atoms with Crippen molar-refractivity contribution in [1.82, 2.24) is 9.55 Å². The van der Waals surface area contributed by atoms with Gasteiger partial charge in [-0.2, -0.15) is 0 Å². The molecule has 1 aromatic heterocycles. The Hall–Kier alpha value is -0.410. The number of aromatic nitrogens is 2. The molecule has 0 saturated carbocycles. The predicted octanol–water partition coefficient (Wildman–Crippen LogP) is 3.27. The smallest absolute Gasteiger partial charge is 0.150 e. The minimum atomic E-state index is -2.94. The van der Waals surface area contributed by atoms with Gasteiger partial charge in [-0.15, -0.1) is 11.6 Å². The SMILES string of the molecule is O=S1(=O)CCC(n2c(CCl)nc3cc(I)c(F)cc32)CC1. The first-order valence-corrected chi connectivity index (χ1v) is 9.97. The van der Waals surface area contributed by atoms with Gasteiger partial charge in [0.05, 0.1) is 32.0 Å². The zero-order chi connectivity index (χ0) is 15.2. The van der Waals surface area contributed by atoms with E-state index in [4.69, 9.17) is 11.6 Å². The summed E-state index contributed by atoms with van der Waals surface area (Å²) >= 11 is 7.89. The minimum absolute atomic E-state index is 0.00624. The third kappa shape index (κ3) is 2.92. The van der Waals surface area contributed by atoms with Gasteiger partial charge in [0, 0.05) is 12.1 Å². The lowest BCUT2D eigenvalue weighted by Gasteiger charge is -2.25. The molecule has 21 heavy (non-hydrogen) atoms. The van der Waals surface area contributed by atoms with Crippen LogP contribution in [0.5, 0.6) is 0 Å². The van der Waals surface area contributed by atoms with Gasteiger partial charge >= 0.3 is 0 Å². The van der Waals surface area contributed by atoms with Crippen molar-refractivity contribution in [3.05, 3.63) is 27.3 Å². The quantitative estimate of drug-likeness (QED) is 0.530. The molecule has 0 spiro atoms. The van der Waals surface area contributed by atoms with Crippen LogP contribution in [0.15, 0.2) is 12.1 Å². The maximum Gasteiger partial charge on any atom is 0.150 e. The fourth-order valence-electron chi connectivity index (χ4n) is 2.78. The Bertz CT molecular complexity index is 792. The average Bonchev–Trinajstić information content (AvgIpc) is 2.77. The van der Waals surface area contributed by atoms with Gasteiger partial charge < -0.3 is 4.57 Å². The van der Waals surface area contributed by atoms with E-state index in [9.17, 15) is 12.8 Å². The Balaban J connectivity index is 2.10. The average molecular weight is 443 g/mol. The number of hydrogen-bond acceptors (Lipinski definition) is 3. The van der Waals surface area contributed by atoms with E-state index in [1.54, 1.807) is 6.07 Å². The number of hydrogen-bond donors (Lipinski definition) is 0. The molecule has 0 radical (unpaired) electrons. The molecule has 0 bridgehead atoms. The first-order chi connectivity index (χ1) is 9.91. The molecular formula is C13H13ClFIN2O2S. The van der Waals surface area contributed by atoms with Crippen molar-refractivity contribution in [3.63, 3.8) is 0 Å². The molecule has 114 valence electrons. The molecule has 2 heterocycles. The summed E-state index contributed by atoms with van der Waals surface area (Å²) in [6, 6.07) is 3.16. The molecule has 8 heteroatoms. The van der Waals surface area contributed by atoms with Gasteiger partial charge in [0.25, 0.3) is 0 Å². The Morgan fingerprint density at radius 1 is 1.38 bits per heavy atom. The molecule has 3 rings (SSSR count). The van der Waals surface area contributed by atoms with E-state index < -0.39 is 9.84 Å². The zero-order valence-electron chi connectivity index (χ0n) is 11.0. The van der Waals surface area contributed by atoms with Gasteiger partial charge in [0.2, 0.25) is 0 Å². The van der Waals surface area contributed by atoms with Crippen LogP contribution < -0.4 is 0 Å². The monoisotopic (exact) mass is 442 g/mol. The minimum Gasteiger partial charge on any atom is -0.324 e. The van der Waals surface area contributed by atoms with Crippen molar-refractivity contribution >= 4 is 55.1 Å². The number of fused-ring (bicyclic) bond motifs is 1. The number of rotatable bonds is 2. The second-order valence-electron chi connectivity index (χ2n) is 5.17. The highest BCUT2D eigenvalue weighted by atomic mass is 127. The third-order valence-corrected chi connectivity index (χ3v) is 6.59. The highest BCUT2D eigenvalue weighted by molar-refractivity contribution is 14.1. The lowest BCUT2D eigenvalue weighted by atomic mass is 10.1. The van der Waals surface area contributed by atoms with Gasteiger partial charge in [0.15, 0.2) is 0 Å². The summed E-state index contributed by atoms with van der Waals surface area (Å²) in [6.07, 6.45) is 1.04. The van der Waals surface area contributed by atoms with E-state index in [1.807, 2.05) is 27.2 Å². The van der Waals surface area contributed by atoms with Gasteiger partial charge in [0.1, 0.15) is 21.5 Å². The summed E-state index contributed by atoms with van der Waals surface area (Å²) in [5.41, 5.74) is 1.39. The Morgan fingerprint density at radius 3 is 2.67 bits per heavy atom. The van der Waals surface area contributed by atoms with Crippen molar-refractivity contribution in [2.45, 2.75) is 24.8 Å². The molecule has 1 aromatic carbocycles. The van der Waals surface area contributed by atoms with Crippen molar-refractivity contribution in [1.29, 1.82) is 0 Å². The van der Waals surface area contributed by atoms with Crippen molar-refractivity contribution in [2.24, 2.45) is 0 Å². The van der Waals surface area contributed by atoms with E-state index in [0.29, 0.717) is 33.3 Å². The first-order valence-electron chi connectivity index (χ1n) is 6.53. The molecule has 2 aromatic rings. The number of halogens is 3.